The first-order valence-electron chi connectivity index (χ1n) is 16.9. The van der Waals surface area contributed by atoms with Crippen molar-refractivity contribution >= 4 is 41.7 Å². The second-order valence-corrected chi connectivity index (χ2v) is 13.7. The van der Waals surface area contributed by atoms with Crippen LogP contribution in [0.2, 0.25) is 0 Å². The number of esters is 6. The van der Waals surface area contributed by atoms with Gasteiger partial charge in [0.25, 0.3) is 0 Å². The summed E-state index contributed by atoms with van der Waals surface area (Å²) in [5.74, 6) is -16.2. The molecular weight excluding hydrogens is 696 g/mol. The number of carbonyl (C=O) groups excluding carboxylic acids is 7. The van der Waals surface area contributed by atoms with Crippen LogP contribution in [0.25, 0.3) is 0 Å². The van der Waals surface area contributed by atoms with Gasteiger partial charge in [-0.25, -0.2) is 9.59 Å². The zero-order valence-corrected chi connectivity index (χ0v) is 27.9. The molecule has 1 aromatic rings. The lowest BCUT2D eigenvalue weighted by molar-refractivity contribution is -0.360. The van der Waals surface area contributed by atoms with E-state index < -0.39 is 109 Å². The second-order valence-electron chi connectivity index (χ2n) is 13.7. The molecule has 280 valence electrons. The number of likely N-dealkylation sites (tertiary alicyclic amines) is 2. The molecule has 0 aliphatic carbocycles. The lowest BCUT2D eigenvalue weighted by atomic mass is 9.94. The molecule has 19 heteroatoms. The number of carbonyl (C=O) groups is 7. The monoisotopic (exact) mass is 732 g/mol. The highest BCUT2D eigenvalue weighted by Crippen LogP contribution is 2.45. The molecule has 2 N–H and O–H groups in total. The van der Waals surface area contributed by atoms with Crippen molar-refractivity contribution < 1.29 is 81.7 Å². The molecule has 0 radical (unpaired) electrons. The molecule has 7 rings (SSSR count). The second kappa shape index (κ2) is 12.9. The van der Waals surface area contributed by atoms with Crippen LogP contribution in [0.1, 0.15) is 58.3 Å². The van der Waals surface area contributed by atoms with Crippen LogP contribution in [0.15, 0.2) is 24.3 Å². The number of fused-ring (bicyclic) bond motifs is 5. The van der Waals surface area contributed by atoms with Crippen molar-refractivity contribution in [1.29, 1.82) is 0 Å². The molecular formula is C33H36N2O17. The zero-order valence-electron chi connectivity index (χ0n) is 27.9. The average molecular weight is 733 g/mol. The van der Waals surface area contributed by atoms with Gasteiger partial charge in [-0.15, -0.1) is 0 Å². The van der Waals surface area contributed by atoms with Gasteiger partial charge in [-0.2, -0.15) is 0 Å². The maximum Gasteiger partial charge on any atom is 0.510 e. The maximum absolute atomic E-state index is 14.4. The lowest BCUT2D eigenvalue weighted by Gasteiger charge is -2.50. The Balaban J connectivity index is 1.17. The number of ether oxygens (including phenoxy) is 8. The maximum atomic E-state index is 14.4. The van der Waals surface area contributed by atoms with E-state index in [9.17, 15) is 43.8 Å². The Morgan fingerprint density at radius 3 is 2.02 bits per heavy atom. The summed E-state index contributed by atoms with van der Waals surface area (Å²) in [5.41, 5.74) is -5.52. The standard InChI is InChI=1S/C33H36N2O17/c1-18-4-2-10-34(18)11-3-13-45-19-5-7-20(8-6-19)46-21-9-12-35(27(40)33-49-24(38)16-31(44,29(42)52-33)17-25(39)50-33)32-26(21)47-22(36)14-30(43,28(41)51-32)15-23(37)48-32/h5-8,18,21,26,43-44H,2-4,9-17H2,1H3/t18-,21?,26?,30?,31?,32?,33?/m1/s1. The van der Waals surface area contributed by atoms with Gasteiger partial charge in [-0.05, 0) is 57.0 Å². The van der Waals surface area contributed by atoms with Gasteiger partial charge >= 0.3 is 53.6 Å². The summed E-state index contributed by atoms with van der Waals surface area (Å²) >= 11 is 0. The van der Waals surface area contributed by atoms with Crippen molar-refractivity contribution in [2.45, 2.75) is 99.6 Å². The number of piperidine rings is 1. The molecule has 6 aliphatic rings. The number of hydrogen-bond donors (Lipinski definition) is 2. The van der Waals surface area contributed by atoms with Crippen molar-refractivity contribution in [3.8, 4) is 11.5 Å². The number of aliphatic hydroxyl groups is 2. The lowest BCUT2D eigenvalue weighted by Crippen LogP contribution is -2.75. The predicted molar refractivity (Wildman–Crippen MR) is 162 cm³/mol. The number of hydrogen-bond acceptors (Lipinski definition) is 18. The summed E-state index contributed by atoms with van der Waals surface area (Å²) in [6.45, 7) is 4.02. The molecule has 4 unspecified atom stereocenters. The highest BCUT2D eigenvalue weighted by molar-refractivity contribution is 5.99. The van der Waals surface area contributed by atoms with E-state index in [1.165, 1.54) is 12.8 Å². The SMILES string of the molecule is C[C@@H]1CCCN1CCCOc1ccc(OC2CCN(C(=O)C34OC(=O)CC(O)(CC(=O)O3)C(=O)O4)C34OC(=O)CC(O)(CC(=O)OC23)C(=O)O4)cc1. The van der Waals surface area contributed by atoms with E-state index in [0.717, 1.165) is 19.5 Å². The third-order valence-electron chi connectivity index (χ3n) is 9.87. The van der Waals surface area contributed by atoms with Gasteiger partial charge in [0, 0.05) is 25.6 Å². The Hall–Kier alpha value is -5.01. The van der Waals surface area contributed by atoms with Crippen LogP contribution in [-0.2, 0) is 62.0 Å². The van der Waals surface area contributed by atoms with Crippen LogP contribution in [0.4, 0.5) is 0 Å². The number of benzene rings is 1. The zero-order chi connectivity index (χ0) is 37.1. The minimum atomic E-state index is -3.53. The smallest absolute Gasteiger partial charge is 0.494 e. The van der Waals surface area contributed by atoms with Crippen molar-refractivity contribution in [2.24, 2.45) is 0 Å². The molecule has 1 amide bonds. The molecule has 6 saturated heterocycles. The van der Waals surface area contributed by atoms with E-state index >= 15 is 0 Å². The summed E-state index contributed by atoms with van der Waals surface area (Å²) in [6, 6.07) is 6.91. The number of rotatable bonds is 8. The van der Waals surface area contributed by atoms with Crippen LogP contribution >= 0.6 is 0 Å². The normalized spacial score (nSPS) is 36.0. The molecule has 5 atom stereocenters. The quantitative estimate of drug-likeness (QED) is 0.184. The minimum absolute atomic E-state index is 0.196. The van der Waals surface area contributed by atoms with E-state index in [1.807, 2.05) is 0 Å². The first-order chi connectivity index (χ1) is 24.6. The summed E-state index contributed by atoms with van der Waals surface area (Å²) in [5, 5.41) is 21.7. The van der Waals surface area contributed by atoms with Crippen molar-refractivity contribution in [3.05, 3.63) is 24.3 Å². The Kier molecular flexibility index (Phi) is 8.77. The average Bonchev–Trinajstić information content (AvgIpc) is 3.37. The first kappa shape index (κ1) is 35.4. The molecule has 6 aliphatic heterocycles. The third kappa shape index (κ3) is 6.25. The first-order valence-corrected chi connectivity index (χ1v) is 16.9. The fraction of sp³-hybridized carbons (Fsp3) is 0.606. The summed E-state index contributed by atoms with van der Waals surface area (Å²) in [7, 11) is 0. The van der Waals surface area contributed by atoms with Crippen molar-refractivity contribution in [3.63, 3.8) is 0 Å². The van der Waals surface area contributed by atoms with E-state index in [-0.39, 0.29) is 12.2 Å². The molecule has 4 bridgehead atoms. The molecule has 52 heavy (non-hydrogen) atoms. The van der Waals surface area contributed by atoms with Gasteiger partial charge in [0.15, 0.2) is 11.2 Å². The van der Waals surface area contributed by atoms with Gasteiger partial charge in [0.2, 0.25) is 6.10 Å². The summed E-state index contributed by atoms with van der Waals surface area (Å²) in [4.78, 5) is 95.2. The molecule has 0 aromatic heterocycles. The van der Waals surface area contributed by atoms with Crippen LogP contribution in [0.5, 0.6) is 11.5 Å². The van der Waals surface area contributed by atoms with E-state index in [0.29, 0.717) is 23.3 Å². The largest absolute Gasteiger partial charge is 0.510 e. The highest BCUT2D eigenvalue weighted by Gasteiger charge is 2.73. The van der Waals surface area contributed by atoms with E-state index in [4.69, 9.17) is 37.9 Å². The molecule has 1 spiro atoms. The number of nitrogens with zero attached hydrogens (tertiary/aromatic N) is 2. The van der Waals surface area contributed by atoms with Crippen LogP contribution in [0, 0.1) is 0 Å². The van der Waals surface area contributed by atoms with Crippen molar-refractivity contribution in [2.75, 3.05) is 26.2 Å². The molecule has 6 heterocycles. The van der Waals surface area contributed by atoms with Crippen LogP contribution in [0.3, 0.4) is 0 Å². The van der Waals surface area contributed by atoms with Gasteiger partial charge in [-0.1, -0.05) is 0 Å². The van der Waals surface area contributed by atoms with Gasteiger partial charge in [0.05, 0.1) is 32.3 Å². The van der Waals surface area contributed by atoms with Crippen molar-refractivity contribution in [1.82, 2.24) is 9.80 Å². The predicted octanol–water partition coefficient (Wildman–Crippen LogP) is -1.07. The molecule has 19 nitrogen and oxygen atoms in total. The summed E-state index contributed by atoms with van der Waals surface area (Å²) in [6.07, 6.45) is -4.71. The Morgan fingerprint density at radius 2 is 1.38 bits per heavy atom. The van der Waals surface area contributed by atoms with Gasteiger partial charge in [0.1, 0.15) is 17.6 Å². The van der Waals surface area contributed by atoms with E-state index in [1.54, 1.807) is 24.3 Å². The topological polar surface area (TPSA) is 240 Å². The Labute approximate surface area is 294 Å². The van der Waals surface area contributed by atoms with E-state index in [2.05, 4.69) is 11.8 Å². The fourth-order valence-electron chi connectivity index (χ4n) is 7.21. The molecule has 6 fully saturated rings. The highest BCUT2D eigenvalue weighted by atomic mass is 16.9. The van der Waals surface area contributed by atoms with Gasteiger partial charge in [-0.3, -0.25) is 28.9 Å². The fourth-order valence-corrected chi connectivity index (χ4v) is 7.21. The van der Waals surface area contributed by atoms with Gasteiger partial charge < -0.3 is 53.0 Å². The molecule has 0 saturated carbocycles. The molecule has 1 aromatic carbocycles. The summed E-state index contributed by atoms with van der Waals surface area (Å²) < 4.78 is 43.6. The Bertz CT molecular complexity index is 1680. The number of amides is 1. The third-order valence-corrected chi connectivity index (χ3v) is 9.87. The van der Waals surface area contributed by atoms with Crippen LogP contribution < -0.4 is 9.47 Å². The minimum Gasteiger partial charge on any atom is -0.494 e. The Morgan fingerprint density at radius 1 is 0.788 bits per heavy atom. The van der Waals surface area contributed by atoms with Crippen LogP contribution in [-0.4, -0.2) is 129 Å².